The standard InChI is InChI=1S/C13H25N3O.ClH/c1-15(10-12-4-2-3-5-12)11-13(17)16-8-6-14-7-9-16;/h12,14H,2-11H2,1H3;1H. The van der Waals surface area contributed by atoms with E-state index < -0.39 is 0 Å². The van der Waals surface area contributed by atoms with Gasteiger partial charge in [-0.15, -0.1) is 12.4 Å². The van der Waals surface area contributed by atoms with Crippen molar-refractivity contribution in [2.75, 3.05) is 46.3 Å². The monoisotopic (exact) mass is 275 g/mol. The number of halogens is 1. The number of likely N-dealkylation sites (N-methyl/N-ethyl adjacent to an activating group) is 1. The van der Waals surface area contributed by atoms with Crippen LogP contribution in [0.15, 0.2) is 0 Å². The Hall–Kier alpha value is -0.320. The highest BCUT2D eigenvalue weighted by Crippen LogP contribution is 2.25. The van der Waals surface area contributed by atoms with Crippen LogP contribution < -0.4 is 5.32 Å². The Morgan fingerprint density at radius 2 is 1.89 bits per heavy atom. The van der Waals surface area contributed by atoms with E-state index in [1.807, 2.05) is 4.90 Å². The number of hydrogen-bond donors (Lipinski definition) is 1. The lowest BCUT2D eigenvalue weighted by atomic mass is 10.1. The van der Waals surface area contributed by atoms with Gasteiger partial charge in [-0.2, -0.15) is 0 Å². The molecule has 0 spiro atoms. The minimum atomic E-state index is 0. The van der Waals surface area contributed by atoms with Gasteiger partial charge in [-0.3, -0.25) is 9.69 Å². The summed E-state index contributed by atoms with van der Waals surface area (Å²) in [7, 11) is 2.08. The molecule has 4 nitrogen and oxygen atoms in total. The molecule has 1 aliphatic heterocycles. The average molecular weight is 276 g/mol. The third-order valence-corrected chi connectivity index (χ3v) is 3.92. The van der Waals surface area contributed by atoms with Crippen LogP contribution in [0.5, 0.6) is 0 Å². The molecule has 18 heavy (non-hydrogen) atoms. The van der Waals surface area contributed by atoms with Crippen molar-refractivity contribution in [1.29, 1.82) is 0 Å². The van der Waals surface area contributed by atoms with Gasteiger partial charge in [-0.25, -0.2) is 0 Å². The van der Waals surface area contributed by atoms with Gasteiger partial charge in [-0.05, 0) is 25.8 Å². The largest absolute Gasteiger partial charge is 0.339 e. The molecule has 2 aliphatic rings. The van der Waals surface area contributed by atoms with Gasteiger partial charge >= 0.3 is 0 Å². The Morgan fingerprint density at radius 1 is 1.28 bits per heavy atom. The zero-order valence-corrected chi connectivity index (χ0v) is 12.2. The van der Waals surface area contributed by atoms with Crippen LogP contribution in [0.4, 0.5) is 0 Å². The van der Waals surface area contributed by atoms with Crippen molar-refractivity contribution in [3.8, 4) is 0 Å². The number of nitrogens with zero attached hydrogens (tertiary/aromatic N) is 2. The molecule has 5 heteroatoms. The van der Waals surface area contributed by atoms with Crippen molar-refractivity contribution < 1.29 is 4.79 Å². The van der Waals surface area contributed by atoms with Crippen LogP contribution in [0.3, 0.4) is 0 Å². The molecule has 0 aromatic rings. The van der Waals surface area contributed by atoms with E-state index in [9.17, 15) is 4.79 Å². The molecule has 0 atom stereocenters. The van der Waals surface area contributed by atoms with Crippen molar-refractivity contribution in [2.24, 2.45) is 5.92 Å². The third-order valence-electron chi connectivity index (χ3n) is 3.92. The summed E-state index contributed by atoms with van der Waals surface area (Å²) in [4.78, 5) is 16.2. The topological polar surface area (TPSA) is 35.6 Å². The summed E-state index contributed by atoms with van der Waals surface area (Å²) < 4.78 is 0. The molecule has 1 N–H and O–H groups in total. The number of nitrogens with one attached hydrogen (secondary N) is 1. The quantitative estimate of drug-likeness (QED) is 0.830. The molecule has 0 radical (unpaired) electrons. The number of hydrogen-bond acceptors (Lipinski definition) is 3. The molecule has 2 rings (SSSR count). The van der Waals surface area contributed by atoms with Gasteiger partial charge in [0.25, 0.3) is 0 Å². The van der Waals surface area contributed by atoms with E-state index in [2.05, 4.69) is 17.3 Å². The van der Waals surface area contributed by atoms with Crippen LogP contribution >= 0.6 is 12.4 Å². The van der Waals surface area contributed by atoms with E-state index in [1.54, 1.807) is 0 Å². The fourth-order valence-corrected chi connectivity index (χ4v) is 2.94. The number of amides is 1. The molecule has 1 saturated carbocycles. The van der Waals surface area contributed by atoms with Gasteiger partial charge in [-0.1, -0.05) is 12.8 Å². The fourth-order valence-electron chi connectivity index (χ4n) is 2.94. The van der Waals surface area contributed by atoms with Gasteiger partial charge in [0.1, 0.15) is 0 Å². The minimum absolute atomic E-state index is 0. The molecule has 2 fully saturated rings. The van der Waals surface area contributed by atoms with Crippen molar-refractivity contribution >= 4 is 18.3 Å². The van der Waals surface area contributed by atoms with Crippen molar-refractivity contribution in [3.63, 3.8) is 0 Å². The second kappa shape index (κ2) is 7.97. The summed E-state index contributed by atoms with van der Waals surface area (Å²) >= 11 is 0. The predicted octanol–water partition coefficient (Wildman–Crippen LogP) is 0.962. The minimum Gasteiger partial charge on any atom is -0.339 e. The first-order chi connectivity index (χ1) is 8.25. The molecular weight excluding hydrogens is 250 g/mol. The van der Waals surface area contributed by atoms with Crippen LogP contribution in [0.1, 0.15) is 25.7 Å². The lowest BCUT2D eigenvalue weighted by molar-refractivity contribution is -0.132. The fraction of sp³-hybridized carbons (Fsp3) is 0.923. The van der Waals surface area contributed by atoms with E-state index in [0.717, 1.165) is 38.6 Å². The molecule has 1 saturated heterocycles. The highest BCUT2D eigenvalue weighted by atomic mass is 35.5. The summed E-state index contributed by atoms with van der Waals surface area (Å²) in [5, 5.41) is 3.27. The SMILES string of the molecule is CN(CC(=O)N1CCNCC1)CC1CCCC1.Cl. The Kier molecular flexibility index (Phi) is 6.97. The summed E-state index contributed by atoms with van der Waals surface area (Å²) in [5.41, 5.74) is 0. The number of rotatable bonds is 4. The van der Waals surface area contributed by atoms with Crippen LogP contribution in [-0.2, 0) is 4.79 Å². The maximum atomic E-state index is 12.0. The zero-order valence-electron chi connectivity index (χ0n) is 11.4. The van der Waals surface area contributed by atoms with Gasteiger partial charge in [0.15, 0.2) is 0 Å². The van der Waals surface area contributed by atoms with Crippen LogP contribution in [0, 0.1) is 5.92 Å². The van der Waals surface area contributed by atoms with Gasteiger partial charge in [0.05, 0.1) is 6.54 Å². The normalized spacial score (nSPS) is 21.1. The van der Waals surface area contributed by atoms with E-state index in [4.69, 9.17) is 0 Å². The smallest absolute Gasteiger partial charge is 0.236 e. The molecule has 106 valence electrons. The van der Waals surface area contributed by atoms with Gasteiger partial charge in [0, 0.05) is 32.7 Å². The molecular formula is C13H26ClN3O. The molecule has 1 aliphatic carbocycles. The number of carbonyl (C=O) groups excluding carboxylic acids is 1. The maximum absolute atomic E-state index is 12.0. The molecule has 0 unspecified atom stereocenters. The third kappa shape index (κ3) is 4.75. The van der Waals surface area contributed by atoms with Crippen molar-refractivity contribution in [3.05, 3.63) is 0 Å². The van der Waals surface area contributed by atoms with Crippen LogP contribution in [0.2, 0.25) is 0 Å². The van der Waals surface area contributed by atoms with Crippen LogP contribution in [0.25, 0.3) is 0 Å². The Bertz CT molecular complexity index is 251. The first kappa shape index (κ1) is 15.7. The second-order valence-corrected chi connectivity index (χ2v) is 5.48. The first-order valence-electron chi connectivity index (χ1n) is 6.93. The second-order valence-electron chi connectivity index (χ2n) is 5.48. The van der Waals surface area contributed by atoms with Crippen LogP contribution in [-0.4, -0.2) is 62.0 Å². The molecule has 1 heterocycles. The summed E-state index contributed by atoms with van der Waals surface area (Å²) in [6, 6.07) is 0. The summed E-state index contributed by atoms with van der Waals surface area (Å²) in [6.45, 7) is 5.32. The predicted molar refractivity (Wildman–Crippen MR) is 76.2 cm³/mol. The lowest BCUT2D eigenvalue weighted by Crippen LogP contribution is -2.49. The highest BCUT2D eigenvalue weighted by molar-refractivity contribution is 5.85. The molecule has 0 aromatic carbocycles. The van der Waals surface area contributed by atoms with Crippen molar-refractivity contribution in [1.82, 2.24) is 15.1 Å². The Balaban J connectivity index is 0.00000162. The Labute approximate surface area is 116 Å². The average Bonchev–Trinajstić information content (AvgIpc) is 2.82. The number of piperazine rings is 1. The zero-order chi connectivity index (χ0) is 12.1. The van der Waals surface area contributed by atoms with E-state index in [-0.39, 0.29) is 12.4 Å². The van der Waals surface area contributed by atoms with Crippen molar-refractivity contribution in [2.45, 2.75) is 25.7 Å². The molecule has 0 bridgehead atoms. The van der Waals surface area contributed by atoms with Gasteiger partial charge < -0.3 is 10.2 Å². The highest BCUT2D eigenvalue weighted by Gasteiger charge is 2.20. The first-order valence-corrected chi connectivity index (χ1v) is 6.93. The maximum Gasteiger partial charge on any atom is 0.236 e. The summed E-state index contributed by atoms with van der Waals surface area (Å²) in [5.74, 6) is 1.13. The van der Waals surface area contributed by atoms with E-state index >= 15 is 0 Å². The van der Waals surface area contributed by atoms with E-state index in [0.29, 0.717) is 12.5 Å². The molecule has 0 aromatic heterocycles. The van der Waals surface area contributed by atoms with E-state index in [1.165, 1.54) is 25.7 Å². The number of carbonyl (C=O) groups is 1. The summed E-state index contributed by atoms with van der Waals surface area (Å²) in [6.07, 6.45) is 5.47. The molecule has 1 amide bonds. The Morgan fingerprint density at radius 3 is 2.50 bits per heavy atom. The van der Waals surface area contributed by atoms with Gasteiger partial charge in [0.2, 0.25) is 5.91 Å². The lowest BCUT2D eigenvalue weighted by Gasteiger charge is -2.29.